The third kappa shape index (κ3) is 3.10. The largest absolute Gasteiger partial charge is 0.425 e. The molecule has 19 heavy (non-hydrogen) atoms. The summed E-state index contributed by atoms with van der Waals surface area (Å²) in [5.74, 6) is 0.240. The van der Waals surface area contributed by atoms with E-state index in [1.165, 1.54) is 6.39 Å². The number of anilines is 2. The summed E-state index contributed by atoms with van der Waals surface area (Å²) < 4.78 is 4.98. The highest BCUT2D eigenvalue weighted by Gasteiger charge is 2.04. The standard InChI is InChI=1S/C13H13N5O/c1-18(2)11-5-3-10(4-6-11)8-16-17-13-12(7-14)15-9-19-13/h3-6,8-9,17H,1-2H3. The Morgan fingerprint density at radius 1 is 1.37 bits per heavy atom. The maximum atomic E-state index is 8.74. The fourth-order valence-corrected chi connectivity index (χ4v) is 1.43. The third-order valence-electron chi connectivity index (χ3n) is 2.46. The highest BCUT2D eigenvalue weighted by Crippen LogP contribution is 2.13. The summed E-state index contributed by atoms with van der Waals surface area (Å²) in [6.45, 7) is 0. The van der Waals surface area contributed by atoms with Gasteiger partial charge >= 0.3 is 0 Å². The van der Waals surface area contributed by atoms with Crippen LogP contribution in [-0.4, -0.2) is 25.3 Å². The van der Waals surface area contributed by atoms with E-state index in [1.54, 1.807) is 6.21 Å². The molecular formula is C13H13N5O. The molecule has 6 heteroatoms. The third-order valence-corrected chi connectivity index (χ3v) is 2.46. The molecule has 2 aromatic rings. The number of oxazole rings is 1. The fourth-order valence-electron chi connectivity index (χ4n) is 1.43. The van der Waals surface area contributed by atoms with Crippen molar-refractivity contribution in [3.8, 4) is 6.07 Å². The summed E-state index contributed by atoms with van der Waals surface area (Å²) in [6, 6.07) is 9.79. The lowest BCUT2D eigenvalue weighted by molar-refractivity contribution is 0.570. The average Bonchev–Trinajstić information content (AvgIpc) is 2.87. The van der Waals surface area contributed by atoms with Gasteiger partial charge in [0.15, 0.2) is 6.39 Å². The number of hydrazone groups is 1. The molecule has 0 radical (unpaired) electrons. The van der Waals surface area contributed by atoms with Crippen LogP contribution in [0.5, 0.6) is 0 Å². The van der Waals surface area contributed by atoms with Crippen LogP contribution >= 0.6 is 0 Å². The molecule has 2 rings (SSSR count). The van der Waals surface area contributed by atoms with Crippen molar-refractivity contribution in [3.05, 3.63) is 41.9 Å². The van der Waals surface area contributed by atoms with Crippen molar-refractivity contribution >= 4 is 17.8 Å². The normalized spacial score (nSPS) is 10.4. The molecule has 6 nitrogen and oxygen atoms in total. The van der Waals surface area contributed by atoms with E-state index in [-0.39, 0.29) is 11.6 Å². The summed E-state index contributed by atoms with van der Waals surface area (Å²) in [7, 11) is 3.97. The quantitative estimate of drug-likeness (QED) is 0.668. The Morgan fingerprint density at radius 2 is 2.11 bits per heavy atom. The van der Waals surface area contributed by atoms with Crippen molar-refractivity contribution in [3.63, 3.8) is 0 Å². The van der Waals surface area contributed by atoms with Gasteiger partial charge in [-0.05, 0) is 17.7 Å². The van der Waals surface area contributed by atoms with Crippen molar-refractivity contribution in [2.75, 3.05) is 24.4 Å². The number of hydrogen-bond acceptors (Lipinski definition) is 6. The number of hydrogen-bond donors (Lipinski definition) is 1. The lowest BCUT2D eigenvalue weighted by Gasteiger charge is -2.11. The SMILES string of the molecule is CN(C)c1ccc(C=NNc2ocnc2C#N)cc1. The Bertz CT molecular complexity index is 607. The first-order valence-electron chi connectivity index (χ1n) is 5.61. The monoisotopic (exact) mass is 255 g/mol. The Morgan fingerprint density at radius 3 is 2.74 bits per heavy atom. The molecule has 0 atom stereocenters. The highest BCUT2D eigenvalue weighted by molar-refractivity contribution is 5.80. The van der Waals surface area contributed by atoms with Gasteiger partial charge in [-0.3, -0.25) is 0 Å². The van der Waals surface area contributed by atoms with Crippen molar-refractivity contribution in [2.45, 2.75) is 0 Å². The molecule has 0 bridgehead atoms. The summed E-state index contributed by atoms with van der Waals surface area (Å²) >= 11 is 0. The Balaban J connectivity index is 2.01. The zero-order chi connectivity index (χ0) is 13.7. The van der Waals surface area contributed by atoms with Crippen molar-refractivity contribution in [1.82, 2.24) is 4.98 Å². The van der Waals surface area contributed by atoms with Crippen molar-refractivity contribution in [2.24, 2.45) is 5.10 Å². The lowest BCUT2D eigenvalue weighted by Crippen LogP contribution is -2.08. The van der Waals surface area contributed by atoms with Crippen LogP contribution in [0.25, 0.3) is 0 Å². The van der Waals surface area contributed by atoms with Crippen LogP contribution in [0.3, 0.4) is 0 Å². The number of rotatable bonds is 4. The van der Waals surface area contributed by atoms with E-state index in [0.717, 1.165) is 11.3 Å². The van der Waals surface area contributed by atoms with E-state index in [9.17, 15) is 0 Å². The van der Waals surface area contributed by atoms with Gasteiger partial charge in [-0.1, -0.05) is 12.1 Å². The fraction of sp³-hybridized carbons (Fsp3) is 0.154. The summed E-state index contributed by atoms with van der Waals surface area (Å²) in [5, 5.41) is 12.7. The van der Waals surface area contributed by atoms with Crippen LogP contribution in [0.4, 0.5) is 11.6 Å². The van der Waals surface area contributed by atoms with Crippen LogP contribution in [0.2, 0.25) is 0 Å². The van der Waals surface area contributed by atoms with Gasteiger partial charge in [0.2, 0.25) is 5.69 Å². The number of aromatic nitrogens is 1. The van der Waals surface area contributed by atoms with Gasteiger partial charge in [-0.15, -0.1) is 0 Å². The molecule has 1 aromatic heterocycles. The van der Waals surface area contributed by atoms with E-state index in [2.05, 4.69) is 15.5 Å². The van der Waals surface area contributed by atoms with Crippen LogP contribution < -0.4 is 10.3 Å². The first-order chi connectivity index (χ1) is 9.20. The van der Waals surface area contributed by atoms with Gasteiger partial charge < -0.3 is 9.32 Å². The molecule has 0 unspecified atom stereocenters. The smallest absolute Gasteiger partial charge is 0.251 e. The number of nitriles is 1. The van der Waals surface area contributed by atoms with Crippen LogP contribution in [-0.2, 0) is 0 Å². The van der Waals surface area contributed by atoms with Gasteiger partial charge in [0.05, 0.1) is 6.21 Å². The molecule has 0 spiro atoms. The van der Waals surface area contributed by atoms with Gasteiger partial charge in [-0.25, -0.2) is 10.4 Å². The Hall–Kier alpha value is -2.81. The minimum absolute atomic E-state index is 0.181. The van der Waals surface area contributed by atoms with Crippen LogP contribution in [0.15, 0.2) is 40.2 Å². The zero-order valence-corrected chi connectivity index (χ0v) is 10.7. The molecule has 0 saturated carbocycles. The molecule has 0 aliphatic rings. The van der Waals surface area contributed by atoms with E-state index >= 15 is 0 Å². The molecule has 0 aliphatic heterocycles. The maximum Gasteiger partial charge on any atom is 0.251 e. The Labute approximate surface area is 111 Å². The molecule has 1 N–H and O–H groups in total. The molecule has 0 aliphatic carbocycles. The summed E-state index contributed by atoms with van der Waals surface area (Å²) in [4.78, 5) is 5.74. The van der Waals surface area contributed by atoms with Gasteiger partial charge in [0.1, 0.15) is 6.07 Å². The van der Waals surface area contributed by atoms with Crippen molar-refractivity contribution < 1.29 is 4.42 Å². The number of nitrogens with zero attached hydrogens (tertiary/aromatic N) is 4. The summed E-state index contributed by atoms with van der Waals surface area (Å²) in [5.41, 5.74) is 4.88. The average molecular weight is 255 g/mol. The second kappa shape index (κ2) is 5.69. The molecule has 0 saturated heterocycles. The molecular weight excluding hydrogens is 242 g/mol. The van der Waals surface area contributed by atoms with E-state index in [1.807, 2.05) is 49.3 Å². The topological polar surface area (TPSA) is 77.4 Å². The van der Waals surface area contributed by atoms with E-state index in [4.69, 9.17) is 9.68 Å². The molecule has 1 aromatic carbocycles. The second-order valence-electron chi connectivity index (χ2n) is 4.00. The zero-order valence-electron chi connectivity index (χ0n) is 10.7. The van der Waals surface area contributed by atoms with E-state index < -0.39 is 0 Å². The molecule has 1 heterocycles. The molecule has 96 valence electrons. The van der Waals surface area contributed by atoms with Crippen LogP contribution in [0.1, 0.15) is 11.3 Å². The predicted molar refractivity (Wildman–Crippen MR) is 73.2 cm³/mol. The first-order valence-corrected chi connectivity index (χ1v) is 5.61. The Kier molecular flexibility index (Phi) is 3.78. The van der Waals surface area contributed by atoms with Gasteiger partial charge in [0, 0.05) is 19.8 Å². The lowest BCUT2D eigenvalue weighted by atomic mass is 10.2. The summed E-state index contributed by atoms with van der Waals surface area (Å²) in [6.07, 6.45) is 2.84. The number of nitrogens with one attached hydrogen (secondary N) is 1. The minimum atomic E-state index is 0.181. The highest BCUT2D eigenvalue weighted by atomic mass is 16.4. The maximum absolute atomic E-state index is 8.74. The van der Waals surface area contributed by atoms with Gasteiger partial charge in [0.25, 0.3) is 5.88 Å². The van der Waals surface area contributed by atoms with Gasteiger partial charge in [-0.2, -0.15) is 10.4 Å². The number of benzene rings is 1. The van der Waals surface area contributed by atoms with E-state index in [0.29, 0.717) is 0 Å². The second-order valence-corrected chi connectivity index (χ2v) is 4.00. The van der Waals surface area contributed by atoms with Crippen LogP contribution in [0, 0.1) is 11.3 Å². The predicted octanol–water partition coefficient (Wildman–Crippen LogP) is 2.06. The van der Waals surface area contributed by atoms with Crippen molar-refractivity contribution in [1.29, 1.82) is 5.26 Å². The molecule has 0 amide bonds. The molecule has 0 fully saturated rings. The minimum Gasteiger partial charge on any atom is -0.425 e. The first kappa shape index (κ1) is 12.6.